The van der Waals surface area contributed by atoms with Crippen LogP contribution in [0.5, 0.6) is 0 Å². The van der Waals surface area contributed by atoms with E-state index in [-0.39, 0.29) is 18.6 Å². The van der Waals surface area contributed by atoms with Gasteiger partial charge in [0, 0.05) is 39.3 Å². The number of imidazole rings is 1. The Morgan fingerprint density at radius 3 is 2.73 bits per heavy atom. The number of halogens is 1. The fourth-order valence-corrected chi connectivity index (χ4v) is 5.02. The third kappa shape index (κ3) is 5.24. The number of benzene rings is 1. The van der Waals surface area contributed by atoms with E-state index in [4.69, 9.17) is 21.1 Å². The predicted octanol–water partition coefficient (Wildman–Crippen LogP) is 4.68. The number of thiazole rings is 1. The van der Waals surface area contributed by atoms with Gasteiger partial charge in [-0.25, -0.2) is 9.78 Å². The molecular formula is C22H18ClN3O5S2. The van der Waals surface area contributed by atoms with E-state index in [1.54, 1.807) is 42.8 Å². The van der Waals surface area contributed by atoms with Crippen molar-refractivity contribution in [3.8, 4) is 11.1 Å². The summed E-state index contributed by atoms with van der Waals surface area (Å²) < 4.78 is 12.1. The zero-order chi connectivity index (χ0) is 23.4. The fourth-order valence-electron chi connectivity index (χ4n) is 3.10. The van der Waals surface area contributed by atoms with Gasteiger partial charge in [0.1, 0.15) is 10.6 Å². The van der Waals surface area contributed by atoms with Crippen molar-refractivity contribution in [3.63, 3.8) is 0 Å². The van der Waals surface area contributed by atoms with E-state index in [2.05, 4.69) is 10.3 Å². The molecule has 3 heterocycles. The first-order valence-corrected chi connectivity index (χ1v) is 12.0. The van der Waals surface area contributed by atoms with Crippen molar-refractivity contribution in [3.05, 3.63) is 63.7 Å². The molecule has 1 amide bonds. The smallest absolute Gasteiger partial charge is 0.341 e. The first-order chi connectivity index (χ1) is 16.0. The number of esters is 2. The van der Waals surface area contributed by atoms with E-state index < -0.39 is 24.5 Å². The number of nitrogens with zero attached hydrogens (tertiary/aromatic N) is 2. The maximum absolute atomic E-state index is 12.6. The lowest BCUT2D eigenvalue weighted by atomic mass is 10.0. The molecule has 0 aliphatic rings. The number of carbonyl (C=O) groups excluding carboxylic acids is 3. The van der Waals surface area contributed by atoms with Gasteiger partial charge < -0.3 is 14.8 Å². The Kier molecular flexibility index (Phi) is 7.07. The van der Waals surface area contributed by atoms with Gasteiger partial charge in [0.25, 0.3) is 5.91 Å². The monoisotopic (exact) mass is 503 g/mol. The lowest BCUT2D eigenvalue weighted by molar-refractivity contribution is -0.146. The number of rotatable bonds is 8. The molecule has 0 atom stereocenters. The quantitative estimate of drug-likeness (QED) is 0.350. The molecule has 0 bridgehead atoms. The van der Waals surface area contributed by atoms with E-state index in [9.17, 15) is 14.4 Å². The van der Waals surface area contributed by atoms with E-state index in [0.717, 1.165) is 16.3 Å². The highest BCUT2D eigenvalue weighted by atomic mass is 35.5. The van der Waals surface area contributed by atoms with Crippen LogP contribution in [0.15, 0.2) is 47.4 Å². The van der Waals surface area contributed by atoms with Crippen molar-refractivity contribution >= 4 is 62.1 Å². The van der Waals surface area contributed by atoms with Gasteiger partial charge in [0.2, 0.25) is 0 Å². The minimum atomic E-state index is -0.583. The molecule has 11 heteroatoms. The first-order valence-electron chi connectivity index (χ1n) is 9.86. The molecule has 0 aliphatic heterocycles. The molecule has 8 nitrogen and oxygen atoms in total. The van der Waals surface area contributed by atoms with Crippen molar-refractivity contribution in [2.75, 3.05) is 18.5 Å². The van der Waals surface area contributed by atoms with Crippen molar-refractivity contribution < 1.29 is 23.9 Å². The largest absolute Gasteiger partial charge is 0.462 e. The fraction of sp³-hybridized carbons (Fsp3) is 0.182. The molecule has 3 aromatic heterocycles. The number of fused-ring (bicyclic) bond motifs is 1. The van der Waals surface area contributed by atoms with Gasteiger partial charge in [-0.3, -0.25) is 14.0 Å². The molecule has 4 rings (SSSR count). The third-order valence-corrected chi connectivity index (χ3v) is 6.52. The lowest BCUT2D eigenvalue weighted by Gasteiger charge is -2.10. The summed E-state index contributed by atoms with van der Waals surface area (Å²) in [5.41, 5.74) is 1.95. The molecule has 0 aliphatic carbocycles. The Morgan fingerprint density at radius 2 is 1.97 bits per heavy atom. The second-order valence-corrected chi connectivity index (χ2v) is 8.92. The Bertz CT molecular complexity index is 1300. The summed E-state index contributed by atoms with van der Waals surface area (Å²) in [5, 5.41) is 7.00. The molecule has 0 radical (unpaired) electrons. The minimum Gasteiger partial charge on any atom is -0.462 e. The van der Waals surface area contributed by atoms with Crippen LogP contribution < -0.4 is 5.32 Å². The lowest BCUT2D eigenvalue weighted by Crippen LogP contribution is -2.22. The first kappa shape index (κ1) is 23.0. The number of anilines is 1. The molecule has 1 aromatic carbocycles. The van der Waals surface area contributed by atoms with Gasteiger partial charge in [-0.1, -0.05) is 29.8 Å². The van der Waals surface area contributed by atoms with Crippen LogP contribution in [0.4, 0.5) is 5.00 Å². The number of ether oxygens (including phenoxy) is 2. The number of amides is 1. The average Bonchev–Trinajstić information content (AvgIpc) is 3.48. The van der Waals surface area contributed by atoms with E-state index >= 15 is 0 Å². The molecule has 4 aromatic rings. The molecule has 0 saturated heterocycles. The molecule has 0 spiro atoms. The average molecular weight is 504 g/mol. The van der Waals surface area contributed by atoms with Gasteiger partial charge in [-0.2, -0.15) is 0 Å². The van der Waals surface area contributed by atoms with Gasteiger partial charge >= 0.3 is 11.9 Å². The normalized spacial score (nSPS) is 10.8. The van der Waals surface area contributed by atoms with Crippen LogP contribution in [0.3, 0.4) is 0 Å². The highest BCUT2D eigenvalue weighted by molar-refractivity contribution is 7.15. The van der Waals surface area contributed by atoms with Crippen LogP contribution in [0, 0.1) is 0 Å². The molecule has 0 saturated carbocycles. The standard InChI is InChI=1S/C22H18ClN3O5S2/c1-2-30-21(29)19-15(14-5-3-4-6-16(14)23)12-33-20(19)25-17(27)11-31-18(28)9-13-10-26-7-8-32-22(26)24-13/h3-8,10,12H,2,9,11H2,1H3,(H,25,27). The molecule has 0 unspecified atom stereocenters. The Morgan fingerprint density at radius 1 is 1.15 bits per heavy atom. The summed E-state index contributed by atoms with van der Waals surface area (Å²) in [6.07, 6.45) is 3.53. The van der Waals surface area contributed by atoms with Gasteiger partial charge in [-0.05, 0) is 13.0 Å². The SMILES string of the molecule is CCOC(=O)c1c(-c2ccccc2Cl)csc1NC(=O)COC(=O)Cc1cn2ccsc2n1. The van der Waals surface area contributed by atoms with Crippen LogP contribution in [0.1, 0.15) is 23.0 Å². The van der Waals surface area contributed by atoms with Gasteiger partial charge in [-0.15, -0.1) is 22.7 Å². The van der Waals surface area contributed by atoms with E-state index in [0.29, 0.717) is 26.8 Å². The number of carbonyl (C=O) groups is 3. The molecule has 33 heavy (non-hydrogen) atoms. The third-order valence-electron chi connectivity index (χ3n) is 4.52. The molecular weight excluding hydrogens is 486 g/mol. The minimum absolute atomic E-state index is 0.0502. The van der Waals surface area contributed by atoms with Gasteiger partial charge in [0.15, 0.2) is 11.6 Å². The second-order valence-electron chi connectivity index (χ2n) is 6.76. The molecule has 170 valence electrons. The second kappa shape index (κ2) is 10.2. The Balaban J connectivity index is 1.43. The van der Waals surface area contributed by atoms with Gasteiger partial charge in [0.05, 0.1) is 18.7 Å². The summed E-state index contributed by atoms with van der Waals surface area (Å²) >= 11 is 8.91. The van der Waals surface area contributed by atoms with Crippen LogP contribution in [-0.4, -0.2) is 40.4 Å². The Hall–Kier alpha value is -3.21. The Labute approximate surface area is 201 Å². The summed E-state index contributed by atoms with van der Waals surface area (Å²) in [6.45, 7) is 1.37. The molecule has 1 N–H and O–H groups in total. The summed E-state index contributed by atoms with van der Waals surface area (Å²) in [6, 6.07) is 7.08. The van der Waals surface area contributed by atoms with Crippen molar-refractivity contribution in [1.29, 1.82) is 0 Å². The van der Waals surface area contributed by atoms with E-state index in [1.807, 2.05) is 16.0 Å². The molecule has 0 fully saturated rings. The summed E-state index contributed by atoms with van der Waals surface area (Å²) in [4.78, 5) is 42.3. The van der Waals surface area contributed by atoms with Crippen molar-refractivity contribution in [2.45, 2.75) is 13.3 Å². The number of hydrogen-bond acceptors (Lipinski definition) is 8. The number of thiophene rings is 1. The summed E-state index contributed by atoms with van der Waals surface area (Å²) in [5.74, 6) is -1.74. The maximum atomic E-state index is 12.6. The highest BCUT2D eigenvalue weighted by Gasteiger charge is 2.24. The van der Waals surface area contributed by atoms with Crippen LogP contribution >= 0.6 is 34.3 Å². The highest BCUT2D eigenvalue weighted by Crippen LogP contribution is 2.39. The topological polar surface area (TPSA) is 99.0 Å². The summed E-state index contributed by atoms with van der Waals surface area (Å²) in [7, 11) is 0. The van der Waals surface area contributed by atoms with Crippen LogP contribution in [0.2, 0.25) is 5.02 Å². The predicted molar refractivity (Wildman–Crippen MR) is 127 cm³/mol. The van der Waals surface area contributed by atoms with Crippen molar-refractivity contribution in [1.82, 2.24) is 9.38 Å². The maximum Gasteiger partial charge on any atom is 0.341 e. The zero-order valence-electron chi connectivity index (χ0n) is 17.4. The van der Waals surface area contributed by atoms with Crippen molar-refractivity contribution in [2.24, 2.45) is 0 Å². The van der Waals surface area contributed by atoms with Crippen LogP contribution in [-0.2, 0) is 25.5 Å². The zero-order valence-corrected chi connectivity index (χ0v) is 19.8. The van der Waals surface area contributed by atoms with E-state index in [1.165, 1.54) is 11.3 Å². The number of hydrogen-bond donors (Lipinski definition) is 1. The van der Waals surface area contributed by atoms with Crippen LogP contribution in [0.25, 0.3) is 16.1 Å². The number of nitrogens with one attached hydrogen (secondary N) is 1. The number of aromatic nitrogens is 2.